The quantitative estimate of drug-likeness (QED) is 0.0592. The van der Waals surface area contributed by atoms with Gasteiger partial charge in [-0.15, -0.1) is 0 Å². The van der Waals surface area contributed by atoms with Crippen molar-refractivity contribution >= 4 is 56.3 Å². The highest BCUT2D eigenvalue weighted by Crippen LogP contribution is 2.59. The van der Waals surface area contributed by atoms with Crippen LogP contribution in [0.15, 0.2) is 84.9 Å². The molecule has 0 unspecified atom stereocenters. The summed E-state index contributed by atoms with van der Waals surface area (Å²) in [4.78, 5) is 0. The van der Waals surface area contributed by atoms with Crippen LogP contribution < -0.4 is 30.8 Å². The highest BCUT2D eigenvalue weighted by Gasteiger charge is 2.38. The van der Waals surface area contributed by atoms with Crippen molar-refractivity contribution in [1.29, 1.82) is 0 Å². The number of benzene rings is 5. The van der Waals surface area contributed by atoms with E-state index in [1.54, 1.807) is 16.3 Å². The number of nitrogens with zero attached hydrogens (tertiary/aromatic N) is 1. The second-order valence-electron chi connectivity index (χ2n) is 17.7. The summed E-state index contributed by atoms with van der Waals surface area (Å²) >= 11 is 0. The Kier molecular flexibility index (Phi) is 16.7. The number of unbranched alkanes of at least 4 members (excludes halogenated alkanes) is 3. The van der Waals surface area contributed by atoms with Crippen LogP contribution in [-0.4, -0.2) is 8.07 Å². The second-order valence-corrected chi connectivity index (χ2v) is 26.8. The molecule has 0 N–H and O–H groups in total. The van der Waals surface area contributed by atoms with Crippen LogP contribution in [0, 0.1) is 55.4 Å². The van der Waals surface area contributed by atoms with Gasteiger partial charge in [-0.2, -0.15) is 0 Å². The lowest BCUT2D eigenvalue weighted by Gasteiger charge is -2.44. The van der Waals surface area contributed by atoms with Crippen LogP contribution in [-0.2, 0) is 12.8 Å². The van der Waals surface area contributed by atoms with Crippen LogP contribution in [0.5, 0.6) is 0 Å². The standard InChI is InChI=1S/C54H75NP2Si/c1-14-19-22-58(23-20-15-2,24-21-16-3)53-37-47(17-4)54(48(18-5)38-53)55(56(49-29-39(6)25-40(7)30-49)50-31-41(8)26-42(9)32-50)57(51-33-43(10)27-44(11)34-51)52-35-45(12)28-46(13)36-52/h25-38H,14-24H2,1-13H3. The van der Waals surface area contributed by atoms with E-state index in [2.05, 4.69) is 179 Å². The third kappa shape index (κ3) is 11.0. The predicted molar refractivity (Wildman–Crippen MR) is 268 cm³/mol. The highest BCUT2D eigenvalue weighted by atomic mass is 31.2. The van der Waals surface area contributed by atoms with E-state index in [0.717, 1.165) is 12.8 Å². The van der Waals surface area contributed by atoms with Gasteiger partial charge in [0.05, 0.1) is 29.9 Å². The van der Waals surface area contributed by atoms with Gasteiger partial charge < -0.3 is 4.44 Å². The summed E-state index contributed by atoms with van der Waals surface area (Å²) < 4.78 is 3.06. The highest BCUT2D eigenvalue weighted by molar-refractivity contribution is 7.90. The smallest absolute Gasteiger partial charge is 0.0867 e. The summed E-state index contributed by atoms with van der Waals surface area (Å²) in [5.41, 5.74) is 15.3. The van der Waals surface area contributed by atoms with E-state index in [0.29, 0.717) is 0 Å². The molecule has 0 aliphatic heterocycles. The van der Waals surface area contributed by atoms with Crippen molar-refractivity contribution in [3.05, 3.63) is 141 Å². The maximum atomic E-state index is 3.06. The van der Waals surface area contributed by atoms with Crippen LogP contribution in [0.4, 0.5) is 5.69 Å². The minimum absolute atomic E-state index is 1.02. The Balaban J connectivity index is 2.01. The maximum Gasteiger partial charge on any atom is 0.0867 e. The van der Waals surface area contributed by atoms with Crippen molar-refractivity contribution in [2.45, 2.75) is 160 Å². The first-order valence-corrected chi connectivity index (χ1v) is 27.9. The monoisotopic (exact) mass is 828 g/mol. The molecule has 0 heterocycles. The van der Waals surface area contributed by atoms with Crippen molar-refractivity contribution in [1.82, 2.24) is 0 Å². The molecule has 0 aliphatic rings. The SMILES string of the molecule is CCCC[Si](CCCC)(CCCC)c1cc(CC)c(N(P(c2cc(C)cc(C)c2)c2cc(C)cc(C)c2)P(c2cc(C)cc(C)c2)c2cc(C)cc(C)c2)c(CC)c1. The van der Waals surface area contributed by atoms with Crippen LogP contribution in [0.25, 0.3) is 0 Å². The largest absolute Gasteiger partial charge is 0.312 e. The topological polar surface area (TPSA) is 3.24 Å². The first-order valence-electron chi connectivity index (χ1n) is 22.7. The van der Waals surface area contributed by atoms with E-state index in [9.17, 15) is 0 Å². The molecule has 0 aliphatic carbocycles. The zero-order valence-corrected chi connectivity index (χ0v) is 41.5. The minimum atomic E-state index is -1.77. The third-order valence-electron chi connectivity index (χ3n) is 12.1. The number of rotatable bonds is 19. The molecule has 0 amide bonds. The molecule has 5 aromatic rings. The number of hydrogen-bond acceptors (Lipinski definition) is 1. The Labute approximate surface area is 359 Å². The number of hydrogen-bond donors (Lipinski definition) is 0. The fraction of sp³-hybridized carbons (Fsp3) is 0.444. The molecule has 0 saturated heterocycles. The molecule has 310 valence electrons. The van der Waals surface area contributed by atoms with Crippen molar-refractivity contribution < 1.29 is 0 Å². The van der Waals surface area contributed by atoms with Gasteiger partial charge in [0.2, 0.25) is 0 Å². The van der Waals surface area contributed by atoms with Gasteiger partial charge in [-0.3, -0.25) is 0 Å². The predicted octanol–water partition coefficient (Wildman–Crippen LogP) is 14.2. The molecule has 5 rings (SSSR count). The molecule has 4 heteroatoms. The van der Waals surface area contributed by atoms with Crippen molar-refractivity contribution in [2.75, 3.05) is 4.44 Å². The summed E-state index contributed by atoms with van der Waals surface area (Å²) in [6.45, 7) is 30.5. The Morgan fingerprint density at radius 2 is 0.638 bits per heavy atom. The molecule has 0 atom stereocenters. The van der Waals surface area contributed by atoms with Crippen LogP contribution in [0.3, 0.4) is 0 Å². The molecule has 5 aromatic carbocycles. The molecular formula is C54H75NP2Si. The fourth-order valence-electron chi connectivity index (χ4n) is 9.53. The molecule has 1 nitrogen and oxygen atoms in total. The average Bonchev–Trinajstić information content (AvgIpc) is 3.15. The molecular weight excluding hydrogens is 753 g/mol. The Morgan fingerprint density at radius 3 is 0.862 bits per heavy atom. The van der Waals surface area contributed by atoms with E-state index >= 15 is 0 Å². The van der Waals surface area contributed by atoms with Gasteiger partial charge in [-0.05, 0) is 128 Å². The average molecular weight is 828 g/mol. The van der Waals surface area contributed by atoms with Gasteiger partial charge in [-0.25, -0.2) is 0 Å². The number of aryl methyl sites for hydroxylation is 10. The molecule has 0 bridgehead atoms. The summed E-state index contributed by atoms with van der Waals surface area (Å²) in [5, 5.41) is 7.55. The summed E-state index contributed by atoms with van der Waals surface area (Å²) in [6.07, 6.45) is 9.96. The van der Waals surface area contributed by atoms with Gasteiger partial charge in [-0.1, -0.05) is 177 Å². The molecule has 0 fully saturated rings. The molecule has 0 aromatic heterocycles. The van der Waals surface area contributed by atoms with E-state index in [1.165, 1.54) is 128 Å². The van der Waals surface area contributed by atoms with Crippen LogP contribution in [0.1, 0.15) is 129 Å². The summed E-state index contributed by atoms with van der Waals surface area (Å²) in [5.74, 6) is 0. The van der Waals surface area contributed by atoms with Crippen LogP contribution in [0.2, 0.25) is 18.1 Å². The third-order valence-corrected chi connectivity index (χ3v) is 22.7. The summed E-state index contributed by atoms with van der Waals surface area (Å²) in [6, 6.07) is 39.4. The van der Waals surface area contributed by atoms with Crippen LogP contribution >= 0.6 is 16.1 Å². The first kappa shape index (κ1) is 46.1. The Hall–Kier alpha value is -3.02. The minimum Gasteiger partial charge on any atom is -0.312 e. The van der Waals surface area contributed by atoms with E-state index in [1.807, 2.05) is 0 Å². The lowest BCUT2D eigenvalue weighted by molar-refractivity contribution is 0.800. The number of anilines is 1. The van der Waals surface area contributed by atoms with Gasteiger partial charge in [0.1, 0.15) is 0 Å². The van der Waals surface area contributed by atoms with E-state index < -0.39 is 24.2 Å². The van der Waals surface area contributed by atoms with Crippen molar-refractivity contribution in [3.63, 3.8) is 0 Å². The Morgan fingerprint density at radius 1 is 0.379 bits per heavy atom. The second kappa shape index (κ2) is 21.0. The lowest BCUT2D eigenvalue weighted by atomic mass is 10.0. The zero-order chi connectivity index (χ0) is 42.1. The van der Waals surface area contributed by atoms with Gasteiger partial charge in [0.25, 0.3) is 0 Å². The normalized spacial score (nSPS) is 11.9. The first-order chi connectivity index (χ1) is 27.8. The molecule has 0 radical (unpaired) electrons. The Bertz CT molecular complexity index is 1810. The maximum absolute atomic E-state index is 3.06. The van der Waals surface area contributed by atoms with Gasteiger partial charge in [0, 0.05) is 21.2 Å². The molecule has 0 spiro atoms. The zero-order valence-electron chi connectivity index (χ0n) is 38.7. The van der Waals surface area contributed by atoms with Gasteiger partial charge in [0.15, 0.2) is 0 Å². The lowest BCUT2D eigenvalue weighted by Crippen LogP contribution is -2.48. The van der Waals surface area contributed by atoms with E-state index in [-0.39, 0.29) is 0 Å². The van der Waals surface area contributed by atoms with Gasteiger partial charge >= 0.3 is 0 Å². The summed E-state index contributed by atoms with van der Waals surface area (Å²) in [7, 11) is -3.80. The molecule has 0 saturated carbocycles. The molecule has 58 heavy (non-hydrogen) atoms. The van der Waals surface area contributed by atoms with E-state index in [4.69, 9.17) is 0 Å². The van der Waals surface area contributed by atoms with Crippen molar-refractivity contribution in [2.24, 2.45) is 0 Å². The fourth-order valence-corrected chi connectivity index (χ4v) is 22.1. The van der Waals surface area contributed by atoms with Crippen molar-refractivity contribution in [3.8, 4) is 0 Å².